The van der Waals surface area contributed by atoms with Crippen LogP contribution in [0.4, 0.5) is 0 Å². The molecule has 124 valence electrons. The SMILES string of the molecule is C=CCSc1ccccc1C(=O)N[C@@H](C)c1ccc2c(c1)CCC2. The average molecular weight is 337 g/mol. The second kappa shape index (κ2) is 7.71. The van der Waals surface area contributed by atoms with Crippen LogP contribution in [0.5, 0.6) is 0 Å². The molecule has 0 bridgehead atoms. The highest BCUT2D eigenvalue weighted by Crippen LogP contribution is 2.26. The van der Waals surface area contributed by atoms with Crippen LogP contribution in [-0.4, -0.2) is 11.7 Å². The van der Waals surface area contributed by atoms with Crippen LogP contribution in [0.3, 0.4) is 0 Å². The number of hydrogen-bond donors (Lipinski definition) is 1. The van der Waals surface area contributed by atoms with Gasteiger partial charge in [0.1, 0.15) is 0 Å². The van der Waals surface area contributed by atoms with Crippen LogP contribution in [0.15, 0.2) is 60.0 Å². The van der Waals surface area contributed by atoms with E-state index in [2.05, 4.69) is 30.1 Å². The van der Waals surface area contributed by atoms with Gasteiger partial charge in [0, 0.05) is 10.6 Å². The van der Waals surface area contributed by atoms with Crippen molar-refractivity contribution in [3.8, 4) is 0 Å². The minimum absolute atomic E-state index is 0.000797. The van der Waals surface area contributed by atoms with Crippen LogP contribution >= 0.6 is 11.8 Å². The van der Waals surface area contributed by atoms with Crippen molar-refractivity contribution < 1.29 is 4.79 Å². The fourth-order valence-corrected chi connectivity index (χ4v) is 3.94. The number of amides is 1. The summed E-state index contributed by atoms with van der Waals surface area (Å²) in [5, 5.41) is 3.14. The van der Waals surface area contributed by atoms with Gasteiger partial charge in [-0.2, -0.15) is 0 Å². The molecule has 0 aromatic heterocycles. The molecule has 0 radical (unpaired) electrons. The number of fused-ring (bicyclic) bond motifs is 1. The summed E-state index contributed by atoms with van der Waals surface area (Å²) in [5.41, 5.74) is 4.82. The first-order chi connectivity index (χ1) is 11.7. The van der Waals surface area contributed by atoms with E-state index in [-0.39, 0.29) is 11.9 Å². The topological polar surface area (TPSA) is 29.1 Å². The van der Waals surface area contributed by atoms with Gasteiger partial charge in [-0.05, 0) is 55.0 Å². The van der Waals surface area contributed by atoms with E-state index in [9.17, 15) is 4.79 Å². The molecule has 1 N–H and O–H groups in total. The number of carbonyl (C=O) groups excluding carboxylic acids is 1. The maximum Gasteiger partial charge on any atom is 0.252 e. The van der Waals surface area contributed by atoms with E-state index in [1.807, 2.05) is 37.3 Å². The van der Waals surface area contributed by atoms with Gasteiger partial charge in [0.15, 0.2) is 0 Å². The van der Waals surface area contributed by atoms with Crippen molar-refractivity contribution in [3.63, 3.8) is 0 Å². The molecule has 0 unspecified atom stereocenters. The summed E-state index contributed by atoms with van der Waals surface area (Å²) in [6.07, 6.45) is 5.44. The van der Waals surface area contributed by atoms with Crippen molar-refractivity contribution >= 4 is 17.7 Å². The Kier molecular flexibility index (Phi) is 5.41. The number of hydrogen-bond acceptors (Lipinski definition) is 2. The highest BCUT2D eigenvalue weighted by atomic mass is 32.2. The van der Waals surface area contributed by atoms with Gasteiger partial charge < -0.3 is 5.32 Å². The number of thioether (sulfide) groups is 1. The van der Waals surface area contributed by atoms with Crippen LogP contribution < -0.4 is 5.32 Å². The van der Waals surface area contributed by atoms with Gasteiger partial charge in [-0.3, -0.25) is 4.79 Å². The number of nitrogens with one attached hydrogen (secondary N) is 1. The second-order valence-corrected chi connectivity index (χ2v) is 7.23. The van der Waals surface area contributed by atoms with Gasteiger partial charge in [0.25, 0.3) is 5.91 Å². The van der Waals surface area contributed by atoms with Crippen molar-refractivity contribution in [1.29, 1.82) is 0 Å². The first-order valence-electron chi connectivity index (χ1n) is 8.44. The highest BCUT2D eigenvalue weighted by molar-refractivity contribution is 7.99. The van der Waals surface area contributed by atoms with E-state index in [0.29, 0.717) is 0 Å². The lowest BCUT2D eigenvalue weighted by Gasteiger charge is -2.17. The van der Waals surface area contributed by atoms with Crippen molar-refractivity contribution in [1.82, 2.24) is 5.32 Å². The molecule has 0 spiro atoms. The van der Waals surface area contributed by atoms with Gasteiger partial charge in [-0.15, -0.1) is 18.3 Å². The second-order valence-electron chi connectivity index (χ2n) is 6.17. The summed E-state index contributed by atoms with van der Waals surface area (Å²) >= 11 is 1.64. The van der Waals surface area contributed by atoms with Crippen molar-refractivity contribution in [2.45, 2.75) is 37.1 Å². The number of aryl methyl sites for hydroxylation is 2. The van der Waals surface area contributed by atoms with Gasteiger partial charge in [-0.1, -0.05) is 36.4 Å². The fraction of sp³-hybridized carbons (Fsp3) is 0.286. The normalized spacial score (nSPS) is 14.0. The Morgan fingerprint density at radius 2 is 2.04 bits per heavy atom. The van der Waals surface area contributed by atoms with Gasteiger partial charge >= 0.3 is 0 Å². The zero-order valence-electron chi connectivity index (χ0n) is 14.0. The molecule has 0 saturated carbocycles. The molecule has 0 saturated heterocycles. The summed E-state index contributed by atoms with van der Waals surface area (Å²) in [6.45, 7) is 5.80. The number of carbonyl (C=O) groups is 1. The Balaban J connectivity index is 1.73. The third kappa shape index (κ3) is 3.73. The van der Waals surface area contributed by atoms with Crippen LogP contribution in [0.2, 0.25) is 0 Å². The molecular weight excluding hydrogens is 314 g/mol. The Morgan fingerprint density at radius 1 is 1.25 bits per heavy atom. The predicted molar refractivity (Wildman–Crippen MR) is 102 cm³/mol. The molecule has 1 atom stereocenters. The third-order valence-electron chi connectivity index (χ3n) is 4.46. The van der Waals surface area contributed by atoms with Gasteiger partial charge in [-0.25, -0.2) is 0 Å². The van der Waals surface area contributed by atoms with E-state index < -0.39 is 0 Å². The predicted octanol–water partition coefficient (Wildman–Crippen LogP) is 4.94. The van der Waals surface area contributed by atoms with Crippen LogP contribution in [0.25, 0.3) is 0 Å². The van der Waals surface area contributed by atoms with E-state index in [1.165, 1.54) is 29.5 Å². The Morgan fingerprint density at radius 3 is 2.88 bits per heavy atom. The minimum atomic E-state index is -0.0184. The molecule has 1 aliphatic rings. The maximum atomic E-state index is 12.7. The minimum Gasteiger partial charge on any atom is -0.345 e. The zero-order valence-corrected chi connectivity index (χ0v) is 14.9. The molecule has 1 aliphatic carbocycles. The molecule has 0 heterocycles. The summed E-state index contributed by atoms with van der Waals surface area (Å²) in [5.74, 6) is 0.778. The molecular formula is C21H23NOS. The van der Waals surface area contributed by atoms with E-state index in [4.69, 9.17) is 0 Å². The van der Waals surface area contributed by atoms with Crippen LogP contribution in [-0.2, 0) is 12.8 Å². The summed E-state index contributed by atoms with van der Waals surface area (Å²) < 4.78 is 0. The molecule has 3 rings (SSSR count). The standard InChI is InChI=1S/C21H23NOS/c1-3-13-24-20-10-5-4-9-19(20)21(23)22-15(2)17-12-11-16-7-6-8-18(16)14-17/h3-5,9-12,14-15H,1,6-8,13H2,2H3,(H,22,23)/t15-/m0/s1. The lowest BCUT2D eigenvalue weighted by molar-refractivity contribution is 0.0937. The Hall–Kier alpha value is -2.00. The number of benzene rings is 2. The molecule has 1 amide bonds. The summed E-state index contributed by atoms with van der Waals surface area (Å²) in [6, 6.07) is 14.4. The Labute approximate surface area is 148 Å². The molecule has 2 aromatic rings. The Bertz CT molecular complexity index is 753. The number of rotatable bonds is 6. The smallest absolute Gasteiger partial charge is 0.252 e. The lowest BCUT2D eigenvalue weighted by Crippen LogP contribution is -2.27. The molecule has 3 heteroatoms. The van der Waals surface area contributed by atoms with Gasteiger partial charge in [0.2, 0.25) is 0 Å². The molecule has 2 aromatic carbocycles. The monoisotopic (exact) mass is 337 g/mol. The third-order valence-corrected chi connectivity index (χ3v) is 5.53. The largest absolute Gasteiger partial charge is 0.345 e. The molecule has 24 heavy (non-hydrogen) atoms. The first-order valence-corrected chi connectivity index (χ1v) is 9.43. The fourth-order valence-electron chi connectivity index (χ4n) is 3.15. The van der Waals surface area contributed by atoms with E-state index in [0.717, 1.165) is 22.6 Å². The van der Waals surface area contributed by atoms with Crippen molar-refractivity contribution in [2.24, 2.45) is 0 Å². The summed E-state index contributed by atoms with van der Waals surface area (Å²) in [7, 11) is 0. The summed E-state index contributed by atoms with van der Waals surface area (Å²) in [4.78, 5) is 13.7. The van der Waals surface area contributed by atoms with Gasteiger partial charge in [0.05, 0.1) is 11.6 Å². The maximum absolute atomic E-state index is 12.7. The molecule has 0 fully saturated rings. The van der Waals surface area contributed by atoms with Crippen molar-refractivity contribution in [2.75, 3.05) is 5.75 Å². The van der Waals surface area contributed by atoms with E-state index >= 15 is 0 Å². The average Bonchev–Trinajstić information content (AvgIpc) is 3.07. The molecule has 2 nitrogen and oxygen atoms in total. The van der Waals surface area contributed by atoms with E-state index in [1.54, 1.807) is 11.8 Å². The quantitative estimate of drug-likeness (QED) is 0.597. The van der Waals surface area contributed by atoms with Crippen LogP contribution in [0.1, 0.15) is 46.4 Å². The zero-order chi connectivity index (χ0) is 16.9. The highest BCUT2D eigenvalue weighted by Gasteiger charge is 2.17. The lowest BCUT2D eigenvalue weighted by atomic mass is 10.0. The van der Waals surface area contributed by atoms with Crippen molar-refractivity contribution in [3.05, 3.63) is 77.4 Å². The first kappa shape index (κ1) is 16.8. The van der Waals surface area contributed by atoms with Crippen LogP contribution in [0, 0.1) is 0 Å². The molecule has 0 aliphatic heterocycles.